The molecule has 0 saturated carbocycles. The quantitative estimate of drug-likeness (QED) is 0.852. The maximum absolute atomic E-state index is 5.92. The molecule has 5 heteroatoms. The Labute approximate surface area is 120 Å². The first kappa shape index (κ1) is 14.0. The summed E-state index contributed by atoms with van der Waals surface area (Å²) in [4.78, 5) is 0. The van der Waals surface area contributed by atoms with E-state index >= 15 is 0 Å². The van der Waals surface area contributed by atoms with Crippen LogP contribution >= 0.6 is 0 Å². The third kappa shape index (κ3) is 2.61. The lowest BCUT2D eigenvalue weighted by Crippen LogP contribution is -2.19. The molecule has 2 aliphatic rings. The number of methoxy groups -OCH3 is 1. The van der Waals surface area contributed by atoms with Crippen LogP contribution in [0.2, 0.25) is 0 Å². The maximum Gasteiger partial charge on any atom is 0.162 e. The number of hydrogen-bond acceptors (Lipinski definition) is 4. The molecule has 0 spiro atoms. The Morgan fingerprint density at radius 2 is 2.20 bits per heavy atom. The van der Waals surface area contributed by atoms with Gasteiger partial charge in [0.15, 0.2) is 5.82 Å². The largest absolute Gasteiger partial charge is 0.384 e. The zero-order valence-corrected chi connectivity index (χ0v) is 12.8. The summed E-state index contributed by atoms with van der Waals surface area (Å²) in [5, 5.41) is 8.85. The molecule has 2 aliphatic heterocycles. The van der Waals surface area contributed by atoms with E-state index in [4.69, 9.17) is 9.47 Å². The van der Waals surface area contributed by atoms with E-state index in [1.165, 1.54) is 12.8 Å². The van der Waals surface area contributed by atoms with Gasteiger partial charge < -0.3 is 14.0 Å². The summed E-state index contributed by atoms with van der Waals surface area (Å²) in [6.45, 7) is 7.22. The van der Waals surface area contributed by atoms with Gasteiger partial charge in [0.2, 0.25) is 0 Å². The van der Waals surface area contributed by atoms with E-state index in [0.29, 0.717) is 11.3 Å². The number of aryl methyl sites for hydroxylation is 1. The highest BCUT2D eigenvalue weighted by molar-refractivity contribution is 5.05. The van der Waals surface area contributed by atoms with Gasteiger partial charge in [0.25, 0.3) is 0 Å². The molecule has 5 nitrogen and oxygen atoms in total. The van der Waals surface area contributed by atoms with Crippen molar-refractivity contribution in [1.29, 1.82) is 0 Å². The van der Waals surface area contributed by atoms with Crippen molar-refractivity contribution in [3.05, 3.63) is 11.6 Å². The summed E-state index contributed by atoms with van der Waals surface area (Å²) in [7, 11) is 1.75. The van der Waals surface area contributed by atoms with Gasteiger partial charge in [-0.25, -0.2) is 0 Å². The molecule has 0 unspecified atom stereocenters. The lowest BCUT2D eigenvalue weighted by atomic mass is 9.85. The van der Waals surface area contributed by atoms with Gasteiger partial charge in [-0.1, -0.05) is 13.8 Å². The van der Waals surface area contributed by atoms with Crippen LogP contribution in [-0.2, 0) is 22.4 Å². The van der Waals surface area contributed by atoms with Crippen molar-refractivity contribution in [3.63, 3.8) is 0 Å². The van der Waals surface area contributed by atoms with Gasteiger partial charge in [-0.15, -0.1) is 10.2 Å². The Hall–Kier alpha value is -0.940. The monoisotopic (exact) mass is 279 g/mol. The lowest BCUT2D eigenvalue weighted by molar-refractivity contribution is 0.0507. The first-order valence-corrected chi connectivity index (χ1v) is 7.63. The second kappa shape index (κ2) is 5.45. The number of fused-ring (bicyclic) bond motifs is 1. The topological polar surface area (TPSA) is 49.2 Å². The molecule has 1 fully saturated rings. The molecule has 2 atom stereocenters. The van der Waals surface area contributed by atoms with Crippen LogP contribution in [0.3, 0.4) is 0 Å². The minimum Gasteiger partial charge on any atom is -0.384 e. The summed E-state index contributed by atoms with van der Waals surface area (Å²) in [6.07, 6.45) is 4.47. The fraction of sp³-hybridized carbons (Fsp3) is 0.867. The molecule has 112 valence electrons. The molecule has 0 N–H and O–H groups in total. The van der Waals surface area contributed by atoms with Gasteiger partial charge in [0, 0.05) is 32.6 Å². The zero-order valence-electron chi connectivity index (χ0n) is 12.8. The van der Waals surface area contributed by atoms with Gasteiger partial charge in [-0.05, 0) is 24.7 Å². The minimum atomic E-state index is 0.0532. The Bertz CT molecular complexity index is 470. The van der Waals surface area contributed by atoms with E-state index in [0.717, 1.165) is 44.2 Å². The minimum absolute atomic E-state index is 0.0532. The molecule has 1 aromatic rings. The fourth-order valence-corrected chi connectivity index (χ4v) is 3.28. The van der Waals surface area contributed by atoms with Crippen molar-refractivity contribution >= 4 is 0 Å². The van der Waals surface area contributed by atoms with Crippen LogP contribution in [-0.4, -0.2) is 35.1 Å². The molecule has 0 aromatic carbocycles. The summed E-state index contributed by atoms with van der Waals surface area (Å²) >= 11 is 0. The fourth-order valence-electron chi connectivity index (χ4n) is 3.28. The van der Waals surface area contributed by atoms with E-state index < -0.39 is 0 Å². The molecular formula is C15H25N3O2. The summed E-state index contributed by atoms with van der Waals surface area (Å²) in [5.74, 6) is 2.54. The first-order valence-electron chi connectivity index (χ1n) is 7.63. The van der Waals surface area contributed by atoms with Crippen LogP contribution in [0, 0.1) is 11.3 Å². The number of ether oxygens (including phenoxy) is 2. The highest BCUT2D eigenvalue weighted by Gasteiger charge is 2.35. The molecule has 1 saturated heterocycles. The van der Waals surface area contributed by atoms with Crippen LogP contribution < -0.4 is 0 Å². The smallest absolute Gasteiger partial charge is 0.162 e. The normalized spacial score (nSPS) is 29.1. The van der Waals surface area contributed by atoms with Crippen molar-refractivity contribution in [3.8, 4) is 0 Å². The maximum atomic E-state index is 5.92. The molecule has 0 aliphatic carbocycles. The van der Waals surface area contributed by atoms with Gasteiger partial charge in [-0.3, -0.25) is 0 Å². The van der Waals surface area contributed by atoms with Crippen molar-refractivity contribution < 1.29 is 9.47 Å². The van der Waals surface area contributed by atoms with E-state index in [2.05, 4.69) is 28.6 Å². The summed E-state index contributed by atoms with van der Waals surface area (Å²) in [5.41, 5.74) is 0.389. The van der Waals surface area contributed by atoms with Crippen LogP contribution in [0.15, 0.2) is 0 Å². The van der Waals surface area contributed by atoms with Crippen LogP contribution in [0.25, 0.3) is 0 Å². The summed E-state index contributed by atoms with van der Waals surface area (Å²) < 4.78 is 13.5. The van der Waals surface area contributed by atoms with E-state index in [-0.39, 0.29) is 6.10 Å². The molecule has 1 aromatic heterocycles. The van der Waals surface area contributed by atoms with Crippen molar-refractivity contribution in [2.45, 2.75) is 52.2 Å². The molecule has 0 amide bonds. The molecule has 0 bridgehead atoms. The van der Waals surface area contributed by atoms with Crippen LogP contribution in [0.1, 0.15) is 50.9 Å². The number of aromatic nitrogens is 3. The average molecular weight is 279 g/mol. The molecule has 0 radical (unpaired) electrons. The van der Waals surface area contributed by atoms with Crippen molar-refractivity contribution in [2.75, 3.05) is 20.3 Å². The first-order chi connectivity index (χ1) is 9.61. The average Bonchev–Trinajstić information content (AvgIpc) is 2.97. The third-order valence-corrected chi connectivity index (χ3v) is 4.74. The lowest BCUT2D eigenvalue weighted by Gasteiger charge is -2.22. The second-order valence-electron chi connectivity index (χ2n) is 6.84. The zero-order chi connectivity index (χ0) is 14.2. The third-order valence-electron chi connectivity index (χ3n) is 4.74. The van der Waals surface area contributed by atoms with E-state index in [9.17, 15) is 0 Å². The SMILES string of the molecule is COC[C@@H]1CCO[C@@H]1c1nnc2n1CCC(C)(C)CC2. The van der Waals surface area contributed by atoms with E-state index in [1.807, 2.05) is 0 Å². The predicted octanol–water partition coefficient (Wildman–Crippen LogP) is 2.36. The molecule has 20 heavy (non-hydrogen) atoms. The van der Waals surface area contributed by atoms with E-state index in [1.54, 1.807) is 7.11 Å². The van der Waals surface area contributed by atoms with Gasteiger partial charge in [0.1, 0.15) is 11.9 Å². The Morgan fingerprint density at radius 3 is 3.00 bits per heavy atom. The van der Waals surface area contributed by atoms with Gasteiger partial charge in [0.05, 0.1) is 6.61 Å². The standard InChI is InChI=1S/C15H25N3O2/c1-15(2)6-4-12-16-17-14(18(12)8-7-15)13-11(10-19-3)5-9-20-13/h11,13H,4-10H2,1-3H3/t11-,13-/m0/s1. The van der Waals surface area contributed by atoms with Crippen LogP contribution in [0.4, 0.5) is 0 Å². The Kier molecular flexibility index (Phi) is 3.82. The number of hydrogen-bond donors (Lipinski definition) is 0. The highest BCUT2D eigenvalue weighted by Crippen LogP contribution is 2.37. The number of rotatable bonds is 3. The van der Waals surface area contributed by atoms with Gasteiger partial charge in [-0.2, -0.15) is 0 Å². The molecule has 3 heterocycles. The molecule has 3 rings (SSSR count). The Balaban J connectivity index is 1.84. The predicted molar refractivity (Wildman–Crippen MR) is 75.4 cm³/mol. The summed E-state index contributed by atoms with van der Waals surface area (Å²) in [6, 6.07) is 0. The molecular weight excluding hydrogens is 254 g/mol. The van der Waals surface area contributed by atoms with Gasteiger partial charge >= 0.3 is 0 Å². The van der Waals surface area contributed by atoms with Crippen molar-refractivity contribution in [1.82, 2.24) is 14.8 Å². The van der Waals surface area contributed by atoms with Crippen LogP contribution in [0.5, 0.6) is 0 Å². The number of nitrogens with zero attached hydrogens (tertiary/aromatic N) is 3. The highest BCUT2D eigenvalue weighted by atomic mass is 16.5. The van der Waals surface area contributed by atoms with Crippen molar-refractivity contribution in [2.24, 2.45) is 11.3 Å². The second-order valence-corrected chi connectivity index (χ2v) is 6.84. The Morgan fingerprint density at radius 1 is 1.35 bits per heavy atom.